The van der Waals surface area contributed by atoms with Crippen LogP contribution in [-0.4, -0.2) is 16.5 Å². The van der Waals surface area contributed by atoms with Crippen molar-refractivity contribution in [2.45, 2.75) is 20.3 Å². The second-order valence-corrected chi connectivity index (χ2v) is 4.15. The third-order valence-electron chi connectivity index (χ3n) is 2.53. The highest BCUT2D eigenvalue weighted by atomic mass is 19.1. The minimum Gasteiger partial charge on any atom is -0.354 e. The molecule has 0 atom stereocenters. The van der Waals surface area contributed by atoms with Crippen LogP contribution in [0.1, 0.15) is 19.0 Å². The first-order valence-corrected chi connectivity index (χ1v) is 6.04. The van der Waals surface area contributed by atoms with E-state index in [1.807, 2.05) is 13.0 Å². The van der Waals surface area contributed by atoms with E-state index in [4.69, 9.17) is 0 Å². The Labute approximate surface area is 106 Å². The van der Waals surface area contributed by atoms with Gasteiger partial charge in [-0.25, -0.2) is 14.4 Å². The zero-order valence-corrected chi connectivity index (χ0v) is 10.6. The number of rotatable bonds is 4. The molecule has 4 heteroatoms. The van der Waals surface area contributed by atoms with E-state index in [1.54, 1.807) is 12.1 Å². The lowest BCUT2D eigenvalue weighted by atomic mass is 10.1. The Morgan fingerprint density at radius 1 is 1.17 bits per heavy atom. The predicted octanol–water partition coefficient (Wildman–Crippen LogP) is 3.41. The van der Waals surface area contributed by atoms with E-state index in [1.165, 1.54) is 12.1 Å². The molecule has 0 unspecified atom stereocenters. The first kappa shape index (κ1) is 12.5. The molecule has 18 heavy (non-hydrogen) atoms. The molecule has 0 saturated carbocycles. The van der Waals surface area contributed by atoms with Crippen LogP contribution >= 0.6 is 0 Å². The zero-order chi connectivity index (χ0) is 13.0. The molecule has 3 nitrogen and oxygen atoms in total. The van der Waals surface area contributed by atoms with Crippen molar-refractivity contribution in [3.63, 3.8) is 0 Å². The van der Waals surface area contributed by atoms with Crippen LogP contribution in [0, 0.1) is 12.7 Å². The van der Waals surface area contributed by atoms with Gasteiger partial charge in [0.1, 0.15) is 5.82 Å². The summed E-state index contributed by atoms with van der Waals surface area (Å²) in [5, 5.41) is 3.16. The van der Waals surface area contributed by atoms with Crippen LogP contribution in [0.3, 0.4) is 0 Å². The monoisotopic (exact) mass is 245 g/mol. The second-order valence-electron chi connectivity index (χ2n) is 4.15. The van der Waals surface area contributed by atoms with Gasteiger partial charge in [-0.05, 0) is 43.7 Å². The maximum Gasteiger partial charge on any atom is 0.223 e. The molecule has 1 heterocycles. The van der Waals surface area contributed by atoms with Crippen molar-refractivity contribution < 1.29 is 4.39 Å². The Balaban J connectivity index is 2.32. The van der Waals surface area contributed by atoms with E-state index in [-0.39, 0.29) is 5.82 Å². The molecule has 0 saturated heterocycles. The van der Waals surface area contributed by atoms with Gasteiger partial charge in [-0.3, -0.25) is 0 Å². The number of halogens is 1. The number of nitrogens with zero attached hydrogens (tertiary/aromatic N) is 2. The van der Waals surface area contributed by atoms with Gasteiger partial charge >= 0.3 is 0 Å². The van der Waals surface area contributed by atoms with Crippen LogP contribution in [-0.2, 0) is 0 Å². The predicted molar refractivity (Wildman–Crippen MR) is 70.9 cm³/mol. The van der Waals surface area contributed by atoms with Gasteiger partial charge in [0.05, 0.1) is 5.69 Å². The van der Waals surface area contributed by atoms with Crippen LogP contribution in [0.2, 0.25) is 0 Å². The van der Waals surface area contributed by atoms with E-state index in [2.05, 4.69) is 22.2 Å². The van der Waals surface area contributed by atoms with Crippen LogP contribution in [0.15, 0.2) is 30.3 Å². The minimum atomic E-state index is -0.242. The first-order chi connectivity index (χ1) is 8.69. The molecule has 0 bridgehead atoms. The molecule has 0 aliphatic heterocycles. The van der Waals surface area contributed by atoms with Gasteiger partial charge in [-0.1, -0.05) is 6.92 Å². The van der Waals surface area contributed by atoms with Crippen molar-refractivity contribution >= 4 is 5.95 Å². The van der Waals surface area contributed by atoms with E-state index in [0.717, 1.165) is 29.9 Å². The number of benzene rings is 1. The van der Waals surface area contributed by atoms with Gasteiger partial charge in [0.25, 0.3) is 0 Å². The largest absolute Gasteiger partial charge is 0.354 e. The molecule has 1 N–H and O–H groups in total. The van der Waals surface area contributed by atoms with Crippen molar-refractivity contribution in [2.75, 3.05) is 11.9 Å². The number of aryl methyl sites for hydroxylation is 1. The number of aromatic nitrogens is 2. The molecule has 2 rings (SSSR count). The molecule has 0 aliphatic carbocycles. The van der Waals surface area contributed by atoms with Crippen molar-refractivity contribution in [3.05, 3.63) is 41.8 Å². The Kier molecular flexibility index (Phi) is 3.87. The third kappa shape index (κ3) is 3.03. The Bertz CT molecular complexity index is 523. The molecular weight excluding hydrogens is 229 g/mol. The van der Waals surface area contributed by atoms with Gasteiger partial charge in [-0.15, -0.1) is 0 Å². The van der Waals surface area contributed by atoms with E-state index in [0.29, 0.717) is 5.95 Å². The fourth-order valence-electron chi connectivity index (χ4n) is 1.65. The molecule has 0 amide bonds. The molecule has 1 aromatic heterocycles. The average molecular weight is 245 g/mol. The van der Waals surface area contributed by atoms with Crippen LogP contribution in [0.4, 0.5) is 10.3 Å². The summed E-state index contributed by atoms with van der Waals surface area (Å²) in [7, 11) is 0. The van der Waals surface area contributed by atoms with Gasteiger partial charge < -0.3 is 5.32 Å². The highest BCUT2D eigenvalue weighted by molar-refractivity contribution is 5.60. The number of hydrogen-bond acceptors (Lipinski definition) is 3. The summed E-state index contributed by atoms with van der Waals surface area (Å²) in [5.74, 6) is 0.380. The summed E-state index contributed by atoms with van der Waals surface area (Å²) in [6.45, 7) is 4.85. The number of anilines is 1. The Morgan fingerprint density at radius 2 is 1.89 bits per heavy atom. The topological polar surface area (TPSA) is 37.8 Å². The summed E-state index contributed by atoms with van der Waals surface area (Å²) in [6, 6.07) is 8.21. The quantitative estimate of drug-likeness (QED) is 0.897. The number of nitrogens with one attached hydrogen (secondary N) is 1. The molecule has 94 valence electrons. The van der Waals surface area contributed by atoms with Crippen molar-refractivity contribution in [2.24, 2.45) is 0 Å². The molecule has 0 fully saturated rings. The maximum atomic E-state index is 12.9. The molecular formula is C14H16FN3. The lowest BCUT2D eigenvalue weighted by Crippen LogP contribution is -2.05. The molecule has 0 aliphatic rings. The van der Waals surface area contributed by atoms with E-state index in [9.17, 15) is 4.39 Å². The van der Waals surface area contributed by atoms with Crippen molar-refractivity contribution in [3.8, 4) is 11.3 Å². The normalized spacial score (nSPS) is 10.4. The van der Waals surface area contributed by atoms with Crippen molar-refractivity contribution in [1.29, 1.82) is 0 Å². The van der Waals surface area contributed by atoms with Crippen LogP contribution in [0.5, 0.6) is 0 Å². The fourth-order valence-corrected chi connectivity index (χ4v) is 1.65. The number of hydrogen-bond donors (Lipinski definition) is 1. The minimum absolute atomic E-state index is 0.242. The highest BCUT2D eigenvalue weighted by Gasteiger charge is 2.04. The summed E-state index contributed by atoms with van der Waals surface area (Å²) in [4.78, 5) is 8.74. The van der Waals surface area contributed by atoms with Crippen LogP contribution < -0.4 is 5.32 Å². The van der Waals surface area contributed by atoms with E-state index >= 15 is 0 Å². The maximum absolute atomic E-state index is 12.9. The lowest BCUT2D eigenvalue weighted by molar-refractivity contribution is 0.628. The smallest absolute Gasteiger partial charge is 0.223 e. The molecule has 0 radical (unpaired) electrons. The van der Waals surface area contributed by atoms with Gasteiger partial charge in [0.15, 0.2) is 0 Å². The highest BCUT2D eigenvalue weighted by Crippen LogP contribution is 2.19. The SMILES string of the molecule is CCCNc1nc(C)cc(-c2ccc(F)cc2)n1. The van der Waals surface area contributed by atoms with Gasteiger partial charge in [-0.2, -0.15) is 0 Å². The average Bonchev–Trinajstić information content (AvgIpc) is 2.36. The lowest BCUT2D eigenvalue weighted by Gasteiger charge is -2.07. The summed E-state index contributed by atoms with van der Waals surface area (Å²) >= 11 is 0. The zero-order valence-electron chi connectivity index (χ0n) is 10.6. The van der Waals surface area contributed by atoms with Gasteiger partial charge in [0, 0.05) is 17.8 Å². The standard InChI is InChI=1S/C14H16FN3/c1-3-8-16-14-17-10(2)9-13(18-14)11-4-6-12(15)7-5-11/h4-7,9H,3,8H2,1-2H3,(H,16,17,18). The Morgan fingerprint density at radius 3 is 2.56 bits per heavy atom. The Hall–Kier alpha value is -1.97. The summed E-state index contributed by atoms with van der Waals surface area (Å²) in [5.41, 5.74) is 2.59. The second kappa shape index (κ2) is 5.58. The first-order valence-electron chi connectivity index (χ1n) is 6.04. The third-order valence-corrected chi connectivity index (χ3v) is 2.53. The van der Waals surface area contributed by atoms with E-state index < -0.39 is 0 Å². The molecule has 1 aromatic carbocycles. The summed E-state index contributed by atoms with van der Waals surface area (Å²) in [6.07, 6.45) is 1.02. The van der Waals surface area contributed by atoms with Crippen LogP contribution in [0.25, 0.3) is 11.3 Å². The van der Waals surface area contributed by atoms with Gasteiger partial charge in [0.2, 0.25) is 5.95 Å². The molecule has 0 spiro atoms. The fraction of sp³-hybridized carbons (Fsp3) is 0.286. The van der Waals surface area contributed by atoms with Crippen molar-refractivity contribution in [1.82, 2.24) is 9.97 Å². The summed E-state index contributed by atoms with van der Waals surface area (Å²) < 4.78 is 12.9. The molecule has 2 aromatic rings.